The highest BCUT2D eigenvalue weighted by atomic mass is 35.5. The normalized spacial score (nSPS) is 22.6. The van der Waals surface area contributed by atoms with Crippen LogP contribution < -0.4 is 4.90 Å². The molecule has 3 aliphatic rings. The van der Waals surface area contributed by atoms with E-state index < -0.39 is 17.6 Å². The number of benzene rings is 1. The van der Waals surface area contributed by atoms with Crippen LogP contribution in [-0.4, -0.2) is 31.1 Å². The Bertz CT molecular complexity index is 760. The van der Waals surface area contributed by atoms with Gasteiger partial charge in [-0.1, -0.05) is 11.6 Å². The number of epoxide rings is 1. The van der Waals surface area contributed by atoms with Crippen LogP contribution in [0.1, 0.15) is 31.2 Å². The molecular formula is C18H17ClFNO4. The van der Waals surface area contributed by atoms with Gasteiger partial charge in [-0.15, -0.1) is 0 Å². The number of carbonyl (C=O) groups excluding carboxylic acids is 2. The number of carbonyl (C=O) groups is 2. The number of anilines is 1. The summed E-state index contributed by atoms with van der Waals surface area (Å²) in [7, 11) is 0. The zero-order chi connectivity index (χ0) is 17.6. The topological polar surface area (TPSA) is 59.1 Å². The van der Waals surface area contributed by atoms with Crippen molar-refractivity contribution in [2.45, 2.75) is 38.4 Å². The lowest BCUT2D eigenvalue weighted by molar-refractivity contribution is -0.120. The molecule has 25 heavy (non-hydrogen) atoms. The summed E-state index contributed by atoms with van der Waals surface area (Å²) < 4.78 is 25.0. The number of imide groups is 1. The predicted molar refractivity (Wildman–Crippen MR) is 88.8 cm³/mol. The van der Waals surface area contributed by atoms with Gasteiger partial charge in [-0.2, -0.15) is 0 Å². The molecule has 0 spiro atoms. The van der Waals surface area contributed by atoms with Crippen molar-refractivity contribution < 1.29 is 23.5 Å². The molecule has 132 valence electrons. The van der Waals surface area contributed by atoms with E-state index in [-0.39, 0.29) is 23.4 Å². The lowest BCUT2D eigenvalue weighted by Crippen LogP contribution is -2.32. The van der Waals surface area contributed by atoms with Gasteiger partial charge in [0.15, 0.2) is 0 Å². The zero-order valence-electron chi connectivity index (χ0n) is 13.5. The minimum absolute atomic E-state index is 0.0601. The van der Waals surface area contributed by atoms with Gasteiger partial charge < -0.3 is 9.47 Å². The number of hydrogen-bond donors (Lipinski definition) is 0. The molecule has 2 aliphatic heterocycles. The fourth-order valence-electron chi connectivity index (χ4n) is 3.29. The summed E-state index contributed by atoms with van der Waals surface area (Å²) in [4.78, 5) is 26.2. The Kier molecular flexibility index (Phi) is 4.35. The average molecular weight is 366 g/mol. The molecule has 1 saturated heterocycles. The average Bonchev–Trinajstić information content (AvgIpc) is 3.38. The summed E-state index contributed by atoms with van der Waals surface area (Å²) >= 11 is 6.08. The van der Waals surface area contributed by atoms with Crippen molar-refractivity contribution >= 4 is 29.1 Å². The molecule has 1 unspecified atom stereocenters. The second-order valence-electron chi connectivity index (χ2n) is 6.48. The molecule has 0 bridgehead atoms. The van der Waals surface area contributed by atoms with Crippen LogP contribution in [-0.2, 0) is 25.7 Å². The van der Waals surface area contributed by atoms with Crippen molar-refractivity contribution in [2.75, 3.05) is 18.1 Å². The van der Waals surface area contributed by atoms with E-state index in [0.717, 1.165) is 23.8 Å². The Hall–Kier alpha value is -1.76. The highest BCUT2D eigenvalue weighted by Gasteiger charge is 2.41. The van der Waals surface area contributed by atoms with E-state index in [2.05, 4.69) is 0 Å². The van der Waals surface area contributed by atoms with Gasteiger partial charge in [0.1, 0.15) is 11.9 Å². The minimum Gasteiger partial charge on any atom is -0.374 e. The van der Waals surface area contributed by atoms with E-state index in [0.29, 0.717) is 42.8 Å². The van der Waals surface area contributed by atoms with Crippen molar-refractivity contribution in [3.05, 3.63) is 39.7 Å². The van der Waals surface area contributed by atoms with Gasteiger partial charge in [0.25, 0.3) is 11.8 Å². The molecule has 2 amide bonds. The van der Waals surface area contributed by atoms with Crippen LogP contribution in [0.4, 0.5) is 10.1 Å². The molecule has 0 aromatic heterocycles. The molecule has 7 heteroatoms. The van der Waals surface area contributed by atoms with Crippen molar-refractivity contribution in [1.29, 1.82) is 0 Å². The maximum Gasteiger partial charge on any atom is 0.261 e. The Labute approximate surface area is 149 Å². The van der Waals surface area contributed by atoms with E-state index in [9.17, 15) is 14.0 Å². The molecule has 4 rings (SSSR count). The van der Waals surface area contributed by atoms with Crippen molar-refractivity contribution in [1.82, 2.24) is 0 Å². The van der Waals surface area contributed by atoms with Crippen molar-refractivity contribution in [2.24, 2.45) is 0 Å². The van der Waals surface area contributed by atoms with Crippen LogP contribution in [0.25, 0.3) is 0 Å². The first-order valence-corrected chi connectivity index (χ1v) is 8.72. The maximum atomic E-state index is 14.5. The third kappa shape index (κ3) is 3.10. The molecule has 1 aromatic rings. The zero-order valence-corrected chi connectivity index (χ0v) is 14.3. The first kappa shape index (κ1) is 16.7. The van der Waals surface area contributed by atoms with Crippen LogP contribution in [0.2, 0.25) is 5.02 Å². The van der Waals surface area contributed by atoms with Gasteiger partial charge in [0.2, 0.25) is 0 Å². The quantitative estimate of drug-likeness (QED) is 0.594. The molecule has 0 N–H and O–H groups in total. The summed E-state index contributed by atoms with van der Waals surface area (Å²) in [6.07, 6.45) is 3.00. The molecule has 1 aromatic carbocycles. The first-order chi connectivity index (χ1) is 12.1. The Morgan fingerprint density at radius 3 is 2.44 bits per heavy atom. The van der Waals surface area contributed by atoms with Gasteiger partial charge in [-0.25, -0.2) is 9.29 Å². The summed E-state index contributed by atoms with van der Waals surface area (Å²) in [5.74, 6) is -1.53. The SMILES string of the molecule is O=C1C2=C(CCCC2)C(=O)N1c1cc(COCC2CO2)c(Cl)cc1F. The van der Waals surface area contributed by atoms with Gasteiger partial charge in [-0.05, 0) is 43.4 Å². The fourth-order valence-corrected chi connectivity index (χ4v) is 3.49. The van der Waals surface area contributed by atoms with Gasteiger partial charge in [0.05, 0.1) is 25.5 Å². The van der Waals surface area contributed by atoms with E-state index in [1.807, 2.05) is 0 Å². The van der Waals surface area contributed by atoms with E-state index in [4.69, 9.17) is 21.1 Å². The molecule has 1 fully saturated rings. The highest BCUT2D eigenvalue weighted by Crippen LogP contribution is 2.37. The van der Waals surface area contributed by atoms with Crippen LogP contribution in [0.5, 0.6) is 0 Å². The molecule has 1 atom stereocenters. The van der Waals surface area contributed by atoms with Crippen molar-refractivity contribution in [3.63, 3.8) is 0 Å². The largest absolute Gasteiger partial charge is 0.374 e. The molecule has 5 nitrogen and oxygen atoms in total. The van der Waals surface area contributed by atoms with E-state index >= 15 is 0 Å². The fraction of sp³-hybridized carbons (Fsp3) is 0.444. The second kappa shape index (κ2) is 6.52. The number of amides is 2. The van der Waals surface area contributed by atoms with Gasteiger partial charge >= 0.3 is 0 Å². The van der Waals surface area contributed by atoms with Crippen molar-refractivity contribution in [3.8, 4) is 0 Å². The number of nitrogens with zero attached hydrogens (tertiary/aromatic N) is 1. The Balaban J connectivity index is 1.61. The molecule has 0 saturated carbocycles. The highest BCUT2D eigenvalue weighted by molar-refractivity contribution is 6.34. The monoisotopic (exact) mass is 365 g/mol. The summed E-state index contributed by atoms with van der Waals surface area (Å²) in [5, 5.41) is 0.204. The third-order valence-electron chi connectivity index (χ3n) is 4.71. The lowest BCUT2D eigenvalue weighted by atomic mass is 9.93. The minimum atomic E-state index is -0.694. The van der Waals surface area contributed by atoms with Crippen LogP contribution in [0.3, 0.4) is 0 Å². The number of rotatable bonds is 5. The molecular weight excluding hydrogens is 349 g/mol. The number of hydrogen-bond acceptors (Lipinski definition) is 4. The molecule has 1 aliphatic carbocycles. The summed E-state index contributed by atoms with van der Waals surface area (Å²) in [6, 6.07) is 2.56. The lowest BCUT2D eigenvalue weighted by Gasteiger charge is -2.18. The third-order valence-corrected chi connectivity index (χ3v) is 5.06. The standard InChI is InChI=1S/C18H17ClFNO4/c19-14-6-15(20)16(5-10(14)7-24-8-11-9-25-11)21-17(22)12-3-1-2-4-13(12)18(21)23/h5-6,11H,1-4,7-9H2. The van der Waals surface area contributed by atoms with Crippen LogP contribution >= 0.6 is 11.6 Å². The number of halogens is 2. The van der Waals surface area contributed by atoms with Gasteiger partial charge in [0, 0.05) is 16.2 Å². The second-order valence-corrected chi connectivity index (χ2v) is 6.88. The Morgan fingerprint density at radius 2 is 1.84 bits per heavy atom. The van der Waals surface area contributed by atoms with E-state index in [1.165, 1.54) is 6.07 Å². The maximum absolute atomic E-state index is 14.5. The first-order valence-electron chi connectivity index (χ1n) is 8.34. The smallest absolute Gasteiger partial charge is 0.261 e. The summed E-state index contributed by atoms with van der Waals surface area (Å²) in [5.41, 5.74) is 1.52. The van der Waals surface area contributed by atoms with Crippen LogP contribution in [0, 0.1) is 5.82 Å². The Morgan fingerprint density at radius 1 is 1.20 bits per heavy atom. The van der Waals surface area contributed by atoms with E-state index in [1.54, 1.807) is 0 Å². The number of ether oxygens (including phenoxy) is 2. The van der Waals surface area contributed by atoms with Gasteiger partial charge in [-0.3, -0.25) is 9.59 Å². The van der Waals surface area contributed by atoms with Crippen LogP contribution in [0.15, 0.2) is 23.3 Å². The predicted octanol–water partition coefficient (Wildman–Crippen LogP) is 3.14. The summed E-state index contributed by atoms with van der Waals surface area (Å²) in [6.45, 7) is 1.27. The molecule has 0 radical (unpaired) electrons. The molecule has 2 heterocycles.